The van der Waals surface area contributed by atoms with Crippen molar-refractivity contribution in [3.8, 4) is 0 Å². The normalized spacial score (nSPS) is 12.6. The van der Waals surface area contributed by atoms with E-state index in [1.54, 1.807) is 23.5 Å². The number of hydrogen-bond acceptors (Lipinski definition) is 4. The highest BCUT2D eigenvalue weighted by Gasteiger charge is 2.13. The molecule has 7 heteroatoms. The second kappa shape index (κ2) is 6.56. The predicted octanol–water partition coefficient (Wildman–Crippen LogP) is 1.57. The molecule has 114 valence electrons. The van der Waals surface area contributed by atoms with Gasteiger partial charge in [0.2, 0.25) is 0 Å². The molecule has 0 saturated heterocycles. The molecule has 0 saturated carbocycles. The highest BCUT2D eigenvalue weighted by Crippen LogP contribution is 2.20. The van der Waals surface area contributed by atoms with Gasteiger partial charge < -0.3 is 4.90 Å². The molecule has 0 aliphatic heterocycles. The largest absolute Gasteiger partial charge is 0.312 e. The van der Waals surface area contributed by atoms with Crippen molar-refractivity contribution in [3.05, 3.63) is 56.0 Å². The van der Waals surface area contributed by atoms with Gasteiger partial charge in [-0.05, 0) is 31.2 Å². The van der Waals surface area contributed by atoms with E-state index in [0.29, 0.717) is 17.6 Å². The van der Waals surface area contributed by atoms with Crippen molar-refractivity contribution in [1.82, 2.24) is 15.0 Å². The number of nitrogens with zero attached hydrogens (tertiary/aromatic N) is 3. The van der Waals surface area contributed by atoms with Gasteiger partial charge in [-0.25, -0.2) is 0 Å². The van der Waals surface area contributed by atoms with Crippen LogP contribution in [0.3, 0.4) is 0 Å². The molecule has 0 radical (unpaired) electrons. The maximum atomic E-state index is 12.5. The van der Waals surface area contributed by atoms with Gasteiger partial charge in [-0.3, -0.25) is 4.79 Å². The molecule has 2 heterocycles. The molecule has 0 spiro atoms. The van der Waals surface area contributed by atoms with E-state index in [1.165, 1.54) is 14.5 Å². The van der Waals surface area contributed by atoms with Gasteiger partial charge in [0, 0.05) is 0 Å². The molecule has 1 N–H and O–H groups in total. The minimum absolute atomic E-state index is 0.0965. The summed E-state index contributed by atoms with van der Waals surface area (Å²) in [7, 11) is 0. The van der Waals surface area contributed by atoms with E-state index in [2.05, 4.69) is 17.2 Å². The molecule has 1 aromatic carbocycles. The fraction of sp³-hybridized carbons (Fsp3) is 0.267. The zero-order valence-electron chi connectivity index (χ0n) is 12.1. The number of benzene rings is 1. The molecule has 3 rings (SSSR count). The summed E-state index contributed by atoms with van der Waals surface area (Å²) < 4.78 is 2.23. The minimum atomic E-state index is -0.0965. The fourth-order valence-corrected chi connectivity index (χ4v) is 3.48. The van der Waals surface area contributed by atoms with Crippen molar-refractivity contribution < 1.29 is 4.90 Å². The smallest absolute Gasteiger partial charge is 0.282 e. The van der Waals surface area contributed by atoms with E-state index in [0.717, 1.165) is 17.4 Å². The third-order valence-corrected chi connectivity index (χ3v) is 4.79. The zero-order valence-corrected chi connectivity index (χ0v) is 13.7. The molecular weight excluding hydrogens is 320 g/mol. The molecule has 0 aliphatic carbocycles. The quantitative estimate of drug-likeness (QED) is 0.770. The van der Waals surface area contributed by atoms with Crippen LogP contribution in [0.4, 0.5) is 0 Å². The Hall–Kier alpha value is -1.76. The summed E-state index contributed by atoms with van der Waals surface area (Å²) >= 11 is 7.54. The molecule has 22 heavy (non-hydrogen) atoms. The molecule has 2 aromatic heterocycles. The first-order chi connectivity index (χ1) is 10.7. The molecule has 1 atom stereocenters. The van der Waals surface area contributed by atoms with Gasteiger partial charge in [0.05, 0.1) is 21.1 Å². The Labute approximate surface area is 136 Å². The third-order valence-electron chi connectivity index (χ3n) is 3.56. The fourth-order valence-electron chi connectivity index (χ4n) is 2.32. The van der Waals surface area contributed by atoms with Crippen LogP contribution in [0.15, 0.2) is 41.2 Å². The van der Waals surface area contributed by atoms with Crippen molar-refractivity contribution >= 4 is 33.8 Å². The third kappa shape index (κ3) is 3.19. The van der Waals surface area contributed by atoms with E-state index < -0.39 is 0 Å². The first-order valence-corrected chi connectivity index (χ1v) is 8.27. The van der Waals surface area contributed by atoms with Crippen molar-refractivity contribution in [2.45, 2.75) is 20.1 Å². The zero-order chi connectivity index (χ0) is 15.5. The van der Waals surface area contributed by atoms with Crippen molar-refractivity contribution in [1.29, 1.82) is 0 Å². The highest BCUT2D eigenvalue weighted by atomic mass is 35.5. The molecule has 3 aromatic rings. The summed E-state index contributed by atoms with van der Waals surface area (Å²) in [6, 6.07) is 11.2. The number of fused-ring (bicyclic) bond motifs is 1. The number of halogens is 1. The van der Waals surface area contributed by atoms with Gasteiger partial charge in [0.25, 0.3) is 5.56 Å². The van der Waals surface area contributed by atoms with Gasteiger partial charge in [-0.2, -0.15) is 4.68 Å². The number of nitrogens with one attached hydrogen (secondary N) is 1. The molecule has 0 aliphatic rings. The summed E-state index contributed by atoms with van der Waals surface area (Å²) in [6.45, 7) is 4.28. The number of hydrogen-bond donors (Lipinski definition) is 1. The van der Waals surface area contributed by atoms with Gasteiger partial charge in [-0.1, -0.05) is 28.9 Å². The van der Waals surface area contributed by atoms with Crippen LogP contribution < -0.4 is 10.5 Å². The van der Waals surface area contributed by atoms with Crippen molar-refractivity contribution in [2.24, 2.45) is 0 Å². The highest BCUT2D eigenvalue weighted by molar-refractivity contribution is 7.16. The van der Waals surface area contributed by atoms with E-state index in [1.807, 2.05) is 24.3 Å². The number of aromatic nitrogens is 3. The van der Waals surface area contributed by atoms with E-state index in [9.17, 15) is 4.79 Å². The van der Waals surface area contributed by atoms with E-state index in [-0.39, 0.29) is 5.56 Å². The number of rotatable bonds is 5. The summed E-state index contributed by atoms with van der Waals surface area (Å²) in [4.78, 5) is 14.9. The first-order valence-electron chi connectivity index (χ1n) is 7.07. The molecule has 5 nitrogen and oxygen atoms in total. The lowest BCUT2D eigenvalue weighted by Crippen LogP contribution is -3.10. The van der Waals surface area contributed by atoms with E-state index in [4.69, 9.17) is 11.6 Å². The Balaban J connectivity index is 1.84. The van der Waals surface area contributed by atoms with Crippen LogP contribution in [0.5, 0.6) is 0 Å². The first kappa shape index (κ1) is 15.1. The van der Waals surface area contributed by atoms with Crippen LogP contribution in [0.25, 0.3) is 10.9 Å². The predicted molar refractivity (Wildman–Crippen MR) is 88.3 cm³/mol. The van der Waals surface area contributed by atoms with Gasteiger partial charge >= 0.3 is 0 Å². The monoisotopic (exact) mass is 335 g/mol. The van der Waals surface area contributed by atoms with Crippen LogP contribution in [0, 0.1) is 0 Å². The molecule has 0 bridgehead atoms. The summed E-state index contributed by atoms with van der Waals surface area (Å²) in [5.74, 6) is 0. The molecule has 0 fully saturated rings. The average molecular weight is 336 g/mol. The number of quaternary nitrogens is 1. The van der Waals surface area contributed by atoms with Crippen LogP contribution in [-0.2, 0) is 13.2 Å². The molecule has 1 unspecified atom stereocenters. The Morgan fingerprint density at radius 2 is 2.09 bits per heavy atom. The maximum absolute atomic E-state index is 12.5. The van der Waals surface area contributed by atoms with Crippen molar-refractivity contribution in [2.75, 3.05) is 6.54 Å². The lowest BCUT2D eigenvalue weighted by atomic mass is 10.2. The van der Waals surface area contributed by atoms with Crippen LogP contribution in [0.1, 0.15) is 11.8 Å². The van der Waals surface area contributed by atoms with E-state index >= 15 is 0 Å². The lowest BCUT2D eigenvalue weighted by Gasteiger charge is -2.16. The Bertz CT molecular complexity index is 845. The van der Waals surface area contributed by atoms with Crippen LogP contribution in [-0.4, -0.2) is 21.5 Å². The Morgan fingerprint density at radius 3 is 2.82 bits per heavy atom. The SMILES string of the molecule is CC[NH+](Cc1ccc(Cl)s1)Cn1nnc2ccccc2c1=O. The maximum Gasteiger partial charge on any atom is 0.282 e. The minimum Gasteiger partial charge on any atom is -0.312 e. The Morgan fingerprint density at radius 1 is 1.27 bits per heavy atom. The molecule has 0 amide bonds. The summed E-state index contributed by atoms with van der Waals surface area (Å²) in [5.41, 5.74) is 0.535. The average Bonchev–Trinajstić information content (AvgIpc) is 2.94. The lowest BCUT2D eigenvalue weighted by molar-refractivity contribution is -0.935. The van der Waals surface area contributed by atoms with Crippen LogP contribution >= 0.6 is 22.9 Å². The standard InChI is InChI=1S/C15H15ClN4OS/c1-2-19(9-11-7-8-14(16)22-11)10-20-15(21)12-5-3-4-6-13(12)17-18-20/h3-8H,2,9-10H2,1H3/p+1. The second-order valence-corrected chi connectivity index (χ2v) is 6.86. The Kier molecular flexibility index (Phi) is 4.52. The summed E-state index contributed by atoms with van der Waals surface area (Å²) in [6.07, 6.45) is 0. The topological polar surface area (TPSA) is 52.2 Å². The number of thiophene rings is 1. The van der Waals surface area contributed by atoms with Crippen molar-refractivity contribution in [3.63, 3.8) is 0 Å². The summed E-state index contributed by atoms with van der Waals surface area (Å²) in [5, 5.41) is 8.78. The second-order valence-electron chi connectivity index (χ2n) is 5.06. The van der Waals surface area contributed by atoms with Gasteiger partial charge in [0.1, 0.15) is 12.1 Å². The van der Waals surface area contributed by atoms with Gasteiger partial charge in [-0.15, -0.1) is 16.4 Å². The van der Waals surface area contributed by atoms with Crippen LogP contribution in [0.2, 0.25) is 4.34 Å². The van der Waals surface area contributed by atoms with Gasteiger partial charge in [0.15, 0.2) is 6.67 Å². The molecular formula is C15H16ClN4OS+.